The van der Waals surface area contributed by atoms with Gasteiger partial charge in [0.15, 0.2) is 18.4 Å². The molecule has 7 heterocycles. The van der Waals surface area contributed by atoms with Crippen molar-refractivity contribution in [2.24, 2.45) is 5.41 Å². The van der Waals surface area contributed by atoms with E-state index in [1.165, 1.54) is 35.0 Å². The number of anilines is 1. The molecule has 6 aromatic rings. The minimum Gasteiger partial charge on any atom is -0.508 e. The van der Waals surface area contributed by atoms with Crippen LogP contribution in [0.1, 0.15) is 101 Å². The standard InChI is InChI=1S/C62H70F2N10O7/c1-8-46-49(63)19-16-40-27-44(75)28-47(53(40)46)55-54(64)56-48(30-66-55)58(73-31-41-17-18-42(32-73)68-41)71-61(70-56)81-34-43-11-9-23-72(43)24-10-25-80-26-21-51(77)69-57(62(5,6)7)60(79)74-33-45(76)29-50(74)59(78)67-36(3)38-12-14-39(15-13-38)52-35(2)20-22-65-37(52)4/h1,12-16,19-20,22,27-28,30,36,41-43,45,57,68,76H,9-11,17-18,21,23-26,29,31-34H2,2-7H3,(H2-,67,69,75,77,78)/p+1/t36-,41?,42?,43-,45+,57+/m0/s1. The van der Waals surface area contributed by atoms with Gasteiger partial charge in [-0.1, -0.05) is 57.0 Å². The van der Waals surface area contributed by atoms with E-state index < -0.39 is 47.1 Å². The Morgan fingerprint density at radius 1 is 0.988 bits per heavy atom. The third-order valence-corrected chi connectivity index (χ3v) is 16.2. The molecule has 5 N–H and O–H groups in total. The number of carbonyl (C=O) groups excluding carboxylic acids is 3. The molecule has 0 spiro atoms. The van der Waals surface area contributed by atoms with Gasteiger partial charge in [0.1, 0.15) is 41.3 Å². The first-order chi connectivity index (χ1) is 38.8. The summed E-state index contributed by atoms with van der Waals surface area (Å²) in [5.74, 6) is -0.0231. The van der Waals surface area contributed by atoms with Gasteiger partial charge in [-0.2, -0.15) is 14.5 Å². The van der Waals surface area contributed by atoms with Crippen LogP contribution in [-0.4, -0.2) is 146 Å². The van der Waals surface area contributed by atoms with Gasteiger partial charge in [0, 0.05) is 85.4 Å². The number of hydrogen-bond acceptors (Lipinski definition) is 14. The Labute approximate surface area is 470 Å². The minimum absolute atomic E-state index is 0.00596. The molecule has 2 unspecified atom stereocenters. The molecule has 3 aromatic carbocycles. The van der Waals surface area contributed by atoms with Crippen LogP contribution in [0.3, 0.4) is 0 Å². The smallest absolute Gasteiger partial charge is 0.410 e. The average molecular weight is 1110 g/mol. The van der Waals surface area contributed by atoms with Crippen LogP contribution < -0.4 is 25.6 Å². The van der Waals surface area contributed by atoms with E-state index in [0.717, 1.165) is 60.2 Å². The number of β-amino-alcohol motifs (C(OH)–C–C–N with tert-alkyl or cyclic N) is 1. The lowest BCUT2D eigenvalue weighted by molar-refractivity contribution is -0.450. The molecule has 3 saturated heterocycles. The number of aliphatic hydroxyl groups is 1. The Hall–Kier alpha value is -7.50. The summed E-state index contributed by atoms with van der Waals surface area (Å²) in [6, 6.07) is 14.5. The molecule has 4 aliphatic heterocycles. The predicted molar refractivity (Wildman–Crippen MR) is 305 cm³/mol. The van der Waals surface area contributed by atoms with Gasteiger partial charge in [0.05, 0.1) is 30.0 Å². The zero-order chi connectivity index (χ0) is 57.3. The summed E-state index contributed by atoms with van der Waals surface area (Å²) >= 11 is 0. The number of pyridine rings is 2. The molecule has 10 rings (SSSR count). The van der Waals surface area contributed by atoms with Crippen molar-refractivity contribution in [1.82, 2.24) is 40.8 Å². The number of phenolic OH excluding ortho intramolecular Hbond substituents is 1. The van der Waals surface area contributed by atoms with E-state index in [4.69, 9.17) is 20.9 Å². The average Bonchev–Trinajstić information content (AvgIpc) is 4.01. The Balaban J connectivity index is 0.742. The second kappa shape index (κ2) is 23.9. The van der Waals surface area contributed by atoms with Crippen molar-refractivity contribution in [3.63, 3.8) is 0 Å². The molecule has 3 aromatic heterocycles. The number of fused-ring (bicyclic) bond motifs is 4. The molecule has 424 valence electrons. The van der Waals surface area contributed by atoms with Crippen molar-refractivity contribution in [2.75, 3.05) is 57.4 Å². The van der Waals surface area contributed by atoms with Gasteiger partial charge in [-0.05, 0) is 111 Å². The zero-order valence-electron chi connectivity index (χ0n) is 46.8. The number of phenols is 1. The third-order valence-electron chi connectivity index (χ3n) is 16.2. The number of benzene rings is 3. The van der Waals surface area contributed by atoms with Gasteiger partial charge in [-0.3, -0.25) is 24.5 Å². The molecule has 81 heavy (non-hydrogen) atoms. The highest BCUT2D eigenvalue weighted by Crippen LogP contribution is 2.40. The van der Waals surface area contributed by atoms with E-state index in [1.54, 1.807) is 6.20 Å². The van der Waals surface area contributed by atoms with Crippen molar-refractivity contribution in [2.45, 2.75) is 123 Å². The molecule has 2 bridgehead atoms. The highest BCUT2D eigenvalue weighted by molar-refractivity contribution is 6.38. The van der Waals surface area contributed by atoms with Crippen LogP contribution in [-0.2, 0) is 19.1 Å². The van der Waals surface area contributed by atoms with E-state index in [-0.39, 0.29) is 102 Å². The molecule has 3 amide bonds. The lowest BCUT2D eigenvalue weighted by Gasteiger charge is -2.34. The van der Waals surface area contributed by atoms with Crippen LogP contribution in [0.4, 0.5) is 14.6 Å². The number of terminal acetylenes is 1. The number of carbonyl (C=O) groups is 3. The summed E-state index contributed by atoms with van der Waals surface area (Å²) in [5.41, 5.74) is 4.29. The van der Waals surface area contributed by atoms with Crippen molar-refractivity contribution in [3.05, 3.63) is 101 Å². The first-order valence-electron chi connectivity index (χ1n) is 28.1. The number of piperazine rings is 1. The summed E-state index contributed by atoms with van der Waals surface area (Å²) < 4.78 is 45.8. The Morgan fingerprint density at radius 2 is 1.75 bits per heavy atom. The summed E-state index contributed by atoms with van der Waals surface area (Å²) in [6.45, 7) is 14.9. The molecule has 3 fully saturated rings. The lowest BCUT2D eigenvalue weighted by Crippen LogP contribution is -2.54. The molecule has 17 nitrogen and oxygen atoms in total. The number of aromatic nitrogens is 4. The van der Waals surface area contributed by atoms with Gasteiger partial charge in [-0.25, -0.2) is 13.6 Å². The molecule has 0 radical (unpaired) electrons. The Kier molecular flexibility index (Phi) is 16.8. The largest absolute Gasteiger partial charge is 0.508 e. The fraction of sp³-hybridized carbons (Fsp3) is 0.452. The zero-order valence-corrected chi connectivity index (χ0v) is 46.8. The van der Waals surface area contributed by atoms with Crippen LogP contribution in [0.15, 0.2) is 67.0 Å². The van der Waals surface area contributed by atoms with Crippen molar-refractivity contribution >= 4 is 50.9 Å². The first-order valence-corrected chi connectivity index (χ1v) is 28.1. The van der Waals surface area contributed by atoms with E-state index in [1.807, 2.05) is 71.9 Å². The highest BCUT2D eigenvalue weighted by Gasteiger charge is 2.46. The number of nitrogens with zero attached hydrogens (tertiary/aromatic N) is 7. The van der Waals surface area contributed by atoms with Crippen molar-refractivity contribution < 1.29 is 47.4 Å². The van der Waals surface area contributed by atoms with Crippen LogP contribution >= 0.6 is 0 Å². The first kappa shape index (κ1) is 56.8. The van der Waals surface area contributed by atoms with Crippen LogP contribution in [0, 0.1) is 43.2 Å². The molecule has 0 saturated carbocycles. The normalized spacial score (nSPS) is 20.0. The number of hydrogen-bond donors (Lipinski definition) is 5. The number of ether oxygens (including phenoxy) is 2. The Bertz CT molecular complexity index is 3440. The van der Waals surface area contributed by atoms with E-state index >= 15 is 8.78 Å². The minimum atomic E-state index is -0.991. The van der Waals surface area contributed by atoms with E-state index in [2.05, 4.69) is 46.6 Å². The number of aryl methyl sites for hydroxylation is 2. The fourth-order valence-corrected chi connectivity index (χ4v) is 12.1. The molecular weight excluding hydrogens is 1030 g/mol. The number of rotatable bonds is 18. The maximum atomic E-state index is 17.1. The molecule has 4 aliphatic rings. The van der Waals surface area contributed by atoms with Gasteiger partial charge in [-0.15, -0.1) is 6.42 Å². The van der Waals surface area contributed by atoms with E-state index in [9.17, 15) is 24.6 Å². The maximum Gasteiger partial charge on any atom is 0.410 e. The highest BCUT2D eigenvalue weighted by atomic mass is 19.1. The summed E-state index contributed by atoms with van der Waals surface area (Å²) in [6.07, 6.45) is 12.6. The molecular formula is C62H71F2N10O7+. The van der Waals surface area contributed by atoms with Crippen LogP contribution in [0.5, 0.6) is 11.8 Å². The topological polar surface area (TPSA) is 207 Å². The van der Waals surface area contributed by atoms with Gasteiger partial charge >= 0.3 is 17.8 Å². The molecule has 19 heteroatoms. The number of halogens is 2. The predicted octanol–water partition coefficient (Wildman–Crippen LogP) is 7.22. The summed E-state index contributed by atoms with van der Waals surface area (Å²) in [4.78, 5) is 64.5. The van der Waals surface area contributed by atoms with Crippen molar-refractivity contribution in [1.29, 1.82) is 0 Å². The van der Waals surface area contributed by atoms with Crippen molar-refractivity contribution in [3.8, 4) is 46.5 Å². The maximum absolute atomic E-state index is 17.1. The number of nitrogens with one attached hydrogen (secondary N) is 3. The van der Waals surface area contributed by atoms with Crippen LogP contribution in [0.2, 0.25) is 0 Å². The van der Waals surface area contributed by atoms with Gasteiger partial charge < -0.3 is 40.5 Å². The molecule has 0 aliphatic carbocycles. The second-order valence-corrected chi connectivity index (χ2v) is 23.1. The summed E-state index contributed by atoms with van der Waals surface area (Å²) in [7, 11) is 0. The van der Waals surface area contributed by atoms with Crippen LogP contribution in [0.25, 0.3) is 44.1 Å². The number of likely N-dealkylation sites (tertiary alicyclic amines) is 1. The lowest BCUT2D eigenvalue weighted by atomic mass is 9.85. The molecule has 6 atom stereocenters. The number of aromatic hydroxyl groups is 1. The van der Waals surface area contributed by atoms with Gasteiger partial charge in [0.25, 0.3) is 5.71 Å². The Morgan fingerprint density at radius 3 is 2.48 bits per heavy atom. The quantitative estimate of drug-likeness (QED) is 0.0327. The van der Waals surface area contributed by atoms with E-state index in [0.29, 0.717) is 49.3 Å². The summed E-state index contributed by atoms with van der Waals surface area (Å²) in [5, 5.41) is 32.1. The SMILES string of the molecule is C#Cc1c(F)ccc2cc(O)cc(-c3ncc4c(N5CC6CCC(C5)N6)nc(OC[C@@H]5CCCN5CCCOCCC(=O)N[C@H](C(=O)[N+]5=C(C(=O)N[C@@H](C)c6ccc(-c7c(C)ccnc7C)cc6)C[C@@H](O)C5)C(C)(C)C)nc4c3F)c12. The number of aliphatic hydroxyl groups excluding tert-OH is 1. The van der Waals surface area contributed by atoms with Gasteiger partial charge in [0.2, 0.25) is 5.91 Å². The monoisotopic (exact) mass is 1110 g/mol. The number of amides is 3. The third kappa shape index (κ3) is 12.3. The fourth-order valence-electron chi connectivity index (χ4n) is 12.1. The second-order valence-electron chi connectivity index (χ2n) is 23.1.